The summed E-state index contributed by atoms with van der Waals surface area (Å²) in [7, 11) is 0. The van der Waals surface area contributed by atoms with E-state index in [9.17, 15) is 9.59 Å². The summed E-state index contributed by atoms with van der Waals surface area (Å²) < 4.78 is 0. The number of hydrogen-bond donors (Lipinski definition) is 2. The highest BCUT2D eigenvalue weighted by Gasteiger charge is 2.56. The molecule has 21 heavy (non-hydrogen) atoms. The third-order valence-corrected chi connectivity index (χ3v) is 4.33. The maximum Gasteiger partial charge on any atom is 0.240 e. The molecule has 1 aromatic carbocycles. The van der Waals surface area contributed by atoms with E-state index in [4.69, 9.17) is 0 Å². The molecule has 1 unspecified atom stereocenters. The van der Waals surface area contributed by atoms with Gasteiger partial charge in [-0.25, -0.2) is 0 Å². The van der Waals surface area contributed by atoms with Gasteiger partial charge in [-0.1, -0.05) is 25.1 Å². The highest BCUT2D eigenvalue weighted by atomic mass is 16.2. The van der Waals surface area contributed by atoms with Crippen LogP contribution in [-0.4, -0.2) is 17.9 Å². The monoisotopic (exact) mass is 288 g/mol. The maximum absolute atomic E-state index is 12.5. The van der Waals surface area contributed by atoms with Gasteiger partial charge >= 0.3 is 0 Å². The molecule has 0 aromatic heterocycles. The fourth-order valence-corrected chi connectivity index (χ4v) is 2.39. The van der Waals surface area contributed by atoms with Crippen LogP contribution in [0.3, 0.4) is 0 Å². The van der Waals surface area contributed by atoms with Gasteiger partial charge in [0.05, 0.1) is 0 Å². The van der Waals surface area contributed by atoms with Gasteiger partial charge < -0.3 is 10.6 Å². The van der Waals surface area contributed by atoms with Crippen LogP contribution >= 0.6 is 0 Å². The first kappa shape index (κ1) is 15.5. The van der Waals surface area contributed by atoms with E-state index in [-0.39, 0.29) is 17.9 Å². The van der Waals surface area contributed by atoms with Gasteiger partial charge in [-0.3, -0.25) is 9.59 Å². The molecule has 1 fully saturated rings. The van der Waals surface area contributed by atoms with E-state index in [0.29, 0.717) is 12.8 Å². The first-order chi connectivity index (χ1) is 9.90. The minimum Gasteiger partial charge on any atom is -0.353 e. The molecular formula is C17H24N2O2. The van der Waals surface area contributed by atoms with Gasteiger partial charge in [-0.05, 0) is 51.2 Å². The minimum atomic E-state index is -0.863. The van der Waals surface area contributed by atoms with Gasteiger partial charge in [0.15, 0.2) is 0 Å². The number of aryl methyl sites for hydroxylation is 2. The predicted molar refractivity (Wildman–Crippen MR) is 84.1 cm³/mol. The molecule has 2 rings (SSSR count). The van der Waals surface area contributed by atoms with Crippen molar-refractivity contribution in [2.24, 2.45) is 5.41 Å². The van der Waals surface area contributed by atoms with Crippen molar-refractivity contribution in [1.29, 1.82) is 0 Å². The fourth-order valence-electron chi connectivity index (χ4n) is 2.39. The third-order valence-electron chi connectivity index (χ3n) is 4.33. The number of amides is 2. The normalized spacial score (nSPS) is 17.0. The Morgan fingerprint density at radius 1 is 1.19 bits per heavy atom. The highest BCUT2D eigenvalue weighted by Crippen LogP contribution is 2.47. The first-order valence-electron chi connectivity index (χ1n) is 7.59. The number of rotatable bonds is 5. The van der Waals surface area contributed by atoms with E-state index >= 15 is 0 Å². The molecule has 1 aliphatic carbocycles. The summed E-state index contributed by atoms with van der Waals surface area (Å²) in [4.78, 5) is 24.9. The highest BCUT2D eigenvalue weighted by molar-refractivity contribution is 6.13. The Labute approximate surface area is 126 Å². The van der Waals surface area contributed by atoms with Crippen LogP contribution < -0.4 is 10.6 Å². The first-order valence-corrected chi connectivity index (χ1v) is 7.59. The van der Waals surface area contributed by atoms with Crippen LogP contribution in [-0.2, 0) is 9.59 Å². The molecule has 1 saturated carbocycles. The van der Waals surface area contributed by atoms with Crippen LogP contribution in [0.1, 0.15) is 44.2 Å². The molecule has 1 atom stereocenters. The second-order valence-electron chi connectivity index (χ2n) is 6.09. The predicted octanol–water partition coefficient (Wildman–Crippen LogP) is 2.94. The summed E-state index contributed by atoms with van der Waals surface area (Å²) in [6, 6.07) is 5.98. The Bertz CT molecular complexity index is 542. The molecular weight excluding hydrogens is 264 g/mol. The number of carbonyl (C=O) groups excluding carboxylic acids is 2. The Hall–Kier alpha value is -1.84. The average molecular weight is 288 g/mol. The van der Waals surface area contributed by atoms with Gasteiger partial charge in [-0.2, -0.15) is 0 Å². The van der Waals surface area contributed by atoms with Crippen LogP contribution in [0.4, 0.5) is 5.69 Å². The molecule has 0 heterocycles. The van der Waals surface area contributed by atoms with Crippen LogP contribution in [0.15, 0.2) is 18.2 Å². The van der Waals surface area contributed by atoms with Crippen LogP contribution in [0, 0.1) is 19.3 Å². The number of benzene rings is 1. The molecule has 0 saturated heterocycles. The van der Waals surface area contributed by atoms with E-state index in [1.54, 1.807) is 0 Å². The lowest BCUT2D eigenvalue weighted by molar-refractivity contribution is -0.134. The van der Waals surface area contributed by atoms with Crippen LogP contribution in [0.5, 0.6) is 0 Å². The Morgan fingerprint density at radius 2 is 1.76 bits per heavy atom. The van der Waals surface area contributed by atoms with Crippen molar-refractivity contribution in [2.75, 3.05) is 5.32 Å². The molecule has 4 heteroatoms. The summed E-state index contributed by atoms with van der Waals surface area (Å²) in [5.74, 6) is -0.318. The van der Waals surface area contributed by atoms with Crippen LogP contribution in [0.25, 0.3) is 0 Å². The topological polar surface area (TPSA) is 58.2 Å². The Balaban J connectivity index is 2.11. The van der Waals surface area contributed by atoms with E-state index < -0.39 is 5.41 Å². The number of para-hydroxylation sites is 1. The molecule has 114 valence electrons. The third kappa shape index (κ3) is 3.09. The molecule has 4 nitrogen and oxygen atoms in total. The number of nitrogens with one attached hydrogen (secondary N) is 2. The second kappa shape index (κ2) is 5.88. The Morgan fingerprint density at radius 3 is 2.24 bits per heavy atom. The maximum atomic E-state index is 12.5. The van der Waals surface area contributed by atoms with Crippen molar-refractivity contribution in [2.45, 2.75) is 53.0 Å². The molecule has 0 aliphatic heterocycles. The molecule has 0 spiro atoms. The molecule has 2 N–H and O–H groups in total. The molecule has 0 bridgehead atoms. The van der Waals surface area contributed by atoms with Crippen molar-refractivity contribution in [3.05, 3.63) is 29.3 Å². The van der Waals surface area contributed by atoms with E-state index in [2.05, 4.69) is 10.6 Å². The van der Waals surface area contributed by atoms with E-state index in [0.717, 1.165) is 23.2 Å². The second-order valence-corrected chi connectivity index (χ2v) is 6.09. The Kier molecular flexibility index (Phi) is 4.35. The molecule has 1 aromatic rings. The average Bonchev–Trinajstić information content (AvgIpc) is 3.24. The van der Waals surface area contributed by atoms with Crippen molar-refractivity contribution in [1.82, 2.24) is 5.32 Å². The zero-order valence-corrected chi connectivity index (χ0v) is 13.2. The summed E-state index contributed by atoms with van der Waals surface area (Å²) in [6.45, 7) is 7.89. The zero-order valence-electron chi connectivity index (χ0n) is 13.2. The van der Waals surface area contributed by atoms with E-state index in [1.165, 1.54) is 0 Å². The van der Waals surface area contributed by atoms with Crippen molar-refractivity contribution in [3.8, 4) is 0 Å². The van der Waals surface area contributed by atoms with Crippen molar-refractivity contribution >= 4 is 17.5 Å². The minimum absolute atomic E-state index is 0.1000. The lowest BCUT2D eigenvalue weighted by Crippen LogP contribution is -2.43. The molecule has 0 radical (unpaired) electrons. The summed E-state index contributed by atoms with van der Waals surface area (Å²) in [5, 5.41) is 5.88. The zero-order chi connectivity index (χ0) is 15.6. The summed E-state index contributed by atoms with van der Waals surface area (Å²) in [6.07, 6.45) is 2.12. The number of hydrogen-bond acceptors (Lipinski definition) is 2. The lowest BCUT2D eigenvalue weighted by Gasteiger charge is -2.20. The molecule has 2 amide bonds. The smallest absolute Gasteiger partial charge is 0.240 e. The van der Waals surface area contributed by atoms with Gasteiger partial charge in [0.1, 0.15) is 5.41 Å². The summed E-state index contributed by atoms with van der Waals surface area (Å²) in [5.41, 5.74) is 1.99. The van der Waals surface area contributed by atoms with Crippen LogP contribution in [0.2, 0.25) is 0 Å². The summed E-state index contributed by atoms with van der Waals surface area (Å²) >= 11 is 0. The van der Waals surface area contributed by atoms with Gasteiger partial charge in [0, 0.05) is 11.7 Å². The standard InChI is InChI=1S/C17H24N2O2/c1-5-13(4)18-15(20)17(9-10-17)16(21)19-14-11(2)7-6-8-12(14)3/h6-8,13H,5,9-10H2,1-4H3,(H,18,20)(H,19,21). The van der Waals surface area contributed by atoms with Crippen molar-refractivity contribution < 1.29 is 9.59 Å². The number of anilines is 1. The number of carbonyl (C=O) groups is 2. The molecule has 1 aliphatic rings. The van der Waals surface area contributed by atoms with Gasteiger partial charge in [0.25, 0.3) is 0 Å². The largest absolute Gasteiger partial charge is 0.353 e. The van der Waals surface area contributed by atoms with Gasteiger partial charge in [-0.15, -0.1) is 0 Å². The fraction of sp³-hybridized carbons (Fsp3) is 0.529. The van der Waals surface area contributed by atoms with E-state index in [1.807, 2.05) is 45.9 Å². The van der Waals surface area contributed by atoms with Gasteiger partial charge in [0.2, 0.25) is 11.8 Å². The lowest BCUT2D eigenvalue weighted by atomic mass is 10.0. The quantitative estimate of drug-likeness (QED) is 0.818. The van der Waals surface area contributed by atoms with Crippen molar-refractivity contribution in [3.63, 3.8) is 0 Å². The SMILES string of the molecule is CCC(C)NC(=O)C1(C(=O)Nc2c(C)cccc2C)CC1.